The van der Waals surface area contributed by atoms with E-state index in [2.05, 4.69) is 5.32 Å². The summed E-state index contributed by atoms with van der Waals surface area (Å²) in [5, 5.41) is 2.65. The molecule has 1 aliphatic heterocycles. The van der Waals surface area contributed by atoms with Gasteiger partial charge >= 0.3 is 6.09 Å². The van der Waals surface area contributed by atoms with Crippen LogP contribution in [0.15, 0.2) is 0 Å². The number of ether oxygens (including phenoxy) is 1. The van der Waals surface area contributed by atoms with E-state index in [-0.39, 0.29) is 5.91 Å². The molecule has 1 heterocycles. The molecule has 2 aliphatic rings. The average molecular weight is 296 g/mol. The Morgan fingerprint density at radius 3 is 2.24 bits per heavy atom. The molecule has 2 atom stereocenters. The van der Waals surface area contributed by atoms with Gasteiger partial charge in [-0.3, -0.25) is 4.79 Å². The highest BCUT2D eigenvalue weighted by molar-refractivity contribution is 5.77. The summed E-state index contributed by atoms with van der Waals surface area (Å²) in [6, 6.07) is 0. The Morgan fingerprint density at radius 1 is 1.14 bits per heavy atom. The smallest absolute Gasteiger partial charge is 0.407 e. The topological polar surface area (TPSA) is 58.6 Å². The second-order valence-electron chi connectivity index (χ2n) is 7.28. The van der Waals surface area contributed by atoms with Crippen LogP contribution in [-0.4, -0.2) is 42.1 Å². The zero-order valence-electron chi connectivity index (χ0n) is 13.5. The molecule has 1 N–H and O–H groups in total. The van der Waals surface area contributed by atoms with Gasteiger partial charge in [0.15, 0.2) is 0 Å². The van der Waals surface area contributed by atoms with E-state index < -0.39 is 11.7 Å². The van der Waals surface area contributed by atoms with Gasteiger partial charge in [-0.1, -0.05) is 12.8 Å². The van der Waals surface area contributed by atoms with Gasteiger partial charge in [0, 0.05) is 26.1 Å². The number of rotatable bonds is 3. The van der Waals surface area contributed by atoms with E-state index in [9.17, 15) is 9.59 Å². The Morgan fingerprint density at radius 2 is 1.71 bits per heavy atom. The summed E-state index contributed by atoms with van der Waals surface area (Å²) < 4.78 is 5.15. The van der Waals surface area contributed by atoms with Crippen molar-refractivity contribution in [3.63, 3.8) is 0 Å². The lowest BCUT2D eigenvalue weighted by Crippen LogP contribution is -2.36. The summed E-state index contributed by atoms with van der Waals surface area (Å²) in [5.41, 5.74) is -0.501. The van der Waals surface area contributed by atoms with Crippen LogP contribution in [-0.2, 0) is 9.53 Å². The molecule has 1 saturated carbocycles. The third kappa shape index (κ3) is 4.90. The lowest BCUT2D eigenvalue weighted by Gasteiger charge is -2.22. The first-order valence-electron chi connectivity index (χ1n) is 8.10. The zero-order valence-corrected chi connectivity index (χ0v) is 13.5. The number of hydrogen-bond donors (Lipinski definition) is 1. The summed E-state index contributed by atoms with van der Waals surface area (Å²) in [6.45, 7) is 7.64. The molecule has 1 aliphatic carbocycles. The van der Waals surface area contributed by atoms with Crippen molar-refractivity contribution < 1.29 is 14.3 Å². The van der Waals surface area contributed by atoms with Crippen LogP contribution < -0.4 is 5.32 Å². The van der Waals surface area contributed by atoms with Gasteiger partial charge in [-0.2, -0.15) is 0 Å². The summed E-state index contributed by atoms with van der Waals surface area (Å²) in [4.78, 5) is 25.7. The van der Waals surface area contributed by atoms with Crippen LogP contribution in [0.4, 0.5) is 4.79 Å². The SMILES string of the molecule is CC(C)(C)OC(=O)NCCC(=O)N1CC2CCCCC2C1. The Bertz CT molecular complexity index is 375. The van der Waals surface area contributed by atoms with E-state index in [4.69, 9.17) is 4.74 Å². The summed E-state index contributed by atoms with van der Waals surface area (Å²) in [7, 11) is 0. The molecule has 0 bridgehead atoms. The predicted molar refractivity (Wildman–Crippen MR) is 80.9 cm³/mol. The summed E-state index contributed by atoms with van der Waals surface area (Å²) in [5.74, 6) is 1.57. The fourth-order valence-electron chi connectivity index (χ4n) is 3.35. The highest BCUT2D eigenvalue weighted by Gasteiger charge is 2.36. The Labute approximate surface area is 127 Å². The molecule has 5 heteroatoms. The molecule has 0 spiro atoms. The molecule has 2 amide bonds. The Balaban J connectivity index is 1.67. The highest BCUT2D eigenvalue weighted by Crippen LogP contribution is 2.36. The van der Waals surface area contributed by atoms with Crippen molar-refractivity contribution in [3.05, 3.63) is 0 Å². The van der Waals surface area contributed by atoms with Crippen molar-refractivity contribution in [1.29, 1.82) is 0 Å². The van der Waals surface area contributed by atoms with Gasteiger partial charge in [0.25, 0.3) is 0 Å². The van der Waals surface area contributed by atoms with E-state index in [1.54, 1.807) is 0 Å². The van der Waals surface area contributed by atoms with Crippen molar-refractivity contribution in [3.8, 4) is 0 Å². The molecule has 2 fully saturated rings. The molecule has 2 unspecified atom stereocenters. The number of nitrogens with one attached hydrogen (secondary N) is 1. The fraction of sp³-hybridized carbons (Fsp3) is 0.875. The molecular formula is C16H28N2O3. The standard InChI is InChI=1S/C16H28N2O3/c1-16(2,3)21-15(20)17-9-8-14(19)18-10-12-6-4-5-7-13(12)11-18/h12-13H,4-11H2,1-3H3,(H,17,20). The second kappa shape index (κ2) is 6.67. The first kappa shape index (κ1) is 16.1. The molecule has 5 nitrogen and oxygen atoms in total. The minimum atomic E-state index is -0.501. The predicted octanol–water partition coefficient (Wildman–Crippen LogP) is 2.55. The summed E-state index contributed by atoms with van der Waals surface area (Å²) >= 11 is 0. The summed E-state index contributed by atoms with van der Waals surface area (Å²) in [6.07, 6.45) is 5.06. The lowest BCUT2D eigenvalue weighted by molar-refractivity contribution is -0.130. The van der Waals surface area contributed by atoms with Gasteiger partial charge in [-0.05, 0) is 45.4 Å². The first-order valence-corrected chi connectivity index (χ1v) is 8.10. The van der Waals surface area contributed by atoms with Crippen LogP contribution in [0.2, 0.25) is 0 Å². The number of carbonyl (C=O) groups excluding carboxylic acids is 2. The maximum atomic E-state index is 12.2. The number of alkyl carbamates (subject to hydrolysis) is 1. The highest BCUT2D eigenvalue weighted by atomic mass is 16.6. The maximum absolute atomic E-state index is 12.2. The number of amides is 2. The number of carbonyl (C=O) groups is 2. The van der Waals surface area contributed by atoms with Crippen molar-refractivity contribution in [2.24, 2.45) is 11.8 Å². The number of likely N-dealkylation sites (tertiary alicyclic amines) is 1. The normalized spacial score (nSPS) is 25.4. The second-order valence-corrected chi connectivity index (χ2v) is 7.28. The minimum absolute atomic E-state index is 0.153. The lowest BCUT2D eigenvalue weighted by atomic mass is 9.82. The number of nitrogens with zero attached hydrogens (tertiary/aromatic N) is 1. The Kier molecular flexibility index (Phi) is 5.12. The van der Waals surface area contributed by atoms with Crippen molar-refractivity contribution >= 4 is 12.0 Å². The quantitative estimate of drug-likeness (QED) is 0.870. The average Bonchev–Trinajstić information content (AvgIpc) is 2.80. The van der Waals surface area contributed by atoms with Gasteiger partial charge in [-0.25, -0.2) is 4.79 Å². The minimum Gasteiger partial charge on any atom is -0.444 e. The van der Waals surface area contributed by atoms with Crippen LogP contribution in [0.25, 0.3) is 0 Å². The molecule has 1 saturated heterocycles. The van der Waals surface area contributed by atoms with Gasteiger partial charge in [0.1, 0.15) is 5.60 Å². The van der Waals surface area contributed by atoms with E-state index in [0.717, 1.165) is 13.1 Å². The largest absolute Gasteiger partial charge is 0.444 e. The zero-order chi connectivity index (χ0) is 15.5. The van der Waals surface area contributed by atoms with Gasteiger partial charge in [-0.15, -0.1) is 0 Å². The van der Waals surface area contributed by atoms with Gasteiger partial charge in [0.05, 0.1) is 0 Å². The molecule has 120 valence electrons. The molecular weight excluding hydrogens is 268 g/mol. The van der Waals surface area contributed by atoms with Crippen LogP contribution in [0.1, 0.15) is 52.9 Å². The fourth-order valence-corrected chi connectivity index (χ4v) is 3.35. The van der Waals surface area contributed by atoms with Crippen LogP contribution in [0.5, 0.6) is 0 Å². The molecule has 0 aromatic rings. The van der Waals surface area contributed by atoms with E-state index >= 15 is 0 Å². The van der Waals surface area contributed by atoms with Gasteiger partial charge in [0.2, 0.25) is 5.91 Å². The molecule has 0 radical (unpaired) electrons. The van der Waals surface area contributed by atoms with E-state index in [0.29, 0.717) is 24.8 Å². The number of fused-ring (bicyclic) bond motifs is 1. The Hall–Kier alpha value is -1.26. The van der Waals surface area contributed by atoms with Crippen molar-refractivity contribution in [2.75, 3.05) is 19.6 Å². The third-order valence-electron chi connectivity index (χ3n) is 4.34. The first-order chi connectivity index (χ1) is 9.85. The van der Waals surface area contributed by atoms with E-state index in [1.807, 2.05) is 25.7 Å². The van der Waals surface area contributed by atoms with Gasteiger partial charge < -0.3 is 15.0 Å². The molecule has 0 aromatic carbocycles. The van der Waals surface area contributed by atoms with Crippen molar-refractivity contribution in [1.82, 2.24) is 10.2 Å². The van der Waals surface area contributed by atoms with E-state index in [1.165, 1.54) is 25.7 Å². The van der Waals surface area contributed by atoms with Crippen LogP contribution in [0.3, 0.4) is 0 Å². The maximum Gasteiger partial charge on any atom is 0.407 e. The third-order valence-corrected chi connectivity index (χ3v) is 4.34. The monoisotopic (exact) mass is 296 g/mol. The number of hydrogen-bond acceptors (Lipinski definition) is 3. The van der Waals surface area contributed by atoms with Crippen LogP contribution in [0, 0.1) is 11.8 Å². The van der Waals surface area contributed by atoms with Crippen LogP contribution >= 0.6 is 0 Å². The molecule has 2 rings (SSSR count). The molecule has 0 aromatic heterocycles. The van der Waals surface area contributed by atoms with Crippen molar-refractivity contribution in [2.45, 2.75) is 58.5 Å². The molecule has 21 heavy (non-hydrogen) atoms.